The van der Waals surface area contributed by atoms with Gasteiger partial charge in [-0.25, -0.2) is 9.59 Å². The van der Waals surface area contributed by atoms with Crippen LogP contribution in [0.25, 0.3) is 0 Å². The Hall–Kier alpha value is -2.64. The molecule has 1 N–H and O–H groups in total. The number of aliphatic carboxylic acids is 1. The minimum atomic E-state index is -2.86. The predicted molar refractivity (Wildman–Crippen MR) is 131 cm³/mol. The van der Waals surface area contributed by atoms with Crippen LogP contribution in [0, 0.1) is 0 Å². The predicted octanol–water partition coefficient (Wildman–Crippen LogP) is 4.03. The van der Waals surface area contributed by atoms with Crippen molar-refractivity contribution in [2.75, 3.05) is 6.54 Å². The van der Waals surface area contributed by atoms with Crippen molar-refractivity contribution in [3.8, 4) is 0 Å². The number of carboxylic acids is 1. The summed E-state index contributed by atoms with van der Waals surface area (Å²) in [6.07, 6.45) is -0.827. The van der Waals surface area contributed by atoms with Crippen molar-refractivity contribution in [2.45, 2.75) is 70.7 Å². The fourth-order valence-corrected chi connectivity index (χ4v) is 9.27. The van der Waals surface area contributed by atoms with Gasteiger partial charge in [0.2, 0.25) is 0 Å². The summed E-state index contributed by atoms with van der Waals surface area (Å²) in [5.74, 6) is -1.05. The van der Waals surface area contributed by atoms with Crippen LogP contribution in [0.3, 0.4) is 0 Å². The average Bonchev–Trinajstić information content (AvgIpc) is 3.16. The topological polar surface area (TPSA) is 76.1 Å². The molecule has 0 spiro atoms. The first kappa shape index (κ1) is 25.0. The molecule has 6 nitrogen and oxygen atoms in total. The molecule has 178 valence electrons. The number of hydrogen-bond donors (Lipinski definition) is 1. The van der Waals surface area contributed by atoms with Gasteiger partial charge in [0.05, 0.1) is 6.10 Å². The van der Waals surface area contributed by atoms with Gasteiger partial charge in [-0.05, 0) is 36.2 Å². The maximum atomic E-state index is 12.8. The van der Waals surface area contributed by atoms with Crippen LogP contribution in [0.4, 0.5) is 4.79 Å². The number of ether oxygens (including phenoxy) is 1. The number of nitrogens with zero attached hydrogens (tertiary/aromatic N) is 1. The third-order valence-corrected chi connectivity index (χ3v) is 11.0. The minimum absolute atomic E-state index is 0.177. The maximum absolute atomic E-state index is 12.8. The van der Waals surface area contributed by atoms with Crippen LogP contribution in [0.2, 0.25) is 5.04 Å². The van der Waals surface area contributed by atoms with Crippen molar-refractivity contribution in [3.05, 3.63) is 60.7 Å². The SMILES string of the molecule is CC(C)(C)OC(=O)N1CC(O[Si](c2ccccc2)(c2ccccc2)C(C)(C)C)CC1C(=O)O. The molecule has 0 radical (unpaired) electrons. The Labute approximate surface area is 197 Å². The lowest BCUT2D eigenvalue weighted by atomic mass is 10.2. The molecule has 0 bridgehead atoms. The summed E-state index contributed by atoms with van der Waals surface area (Å²) in [7, 11) is -2.86. The van der Waals surface area contributed by atoms with Crippen LogP contribution in [0.15, 0.2) is 60.7 Å². The molecule has 0 aromatic heterocycles. The third kappa shape index (κ3) is 5.30. The van der Waals surface area contributed by atoms with Crippen LogP contribution >= 0.6 is 0 Å². The Morgan fingerprint density at radius 2 is 1.39 bits per heavy atom. The summed E-state index contributed by atoms with van der Waals surface area (Å²) in [5.41, 5.74) is -0.711. The van der Waals surface area contributed by atoms with Gasteiger partial charge in [-0.2, -0.15) is 0 Å². The first-order chi connectivity index (χ1) is 15.3. The molecule has 2 atom stereocenters. The van der Waals surface area contributed by atoms with E-state index < -0.39 is 38.1 Å². The fourth-order valence-electron chi connectivity index (χ4n) is 4.58. The van der Waals surface area contributed by atoms with Crippen molar-refractivity contribution < 1.29 is 23.9 Å². The maximum Gasteiger partial charge on any atom is 0.411 e. The normalized spacial score (nSPS) is 19.4. The molecule has 3 rings (SSSR count). The Bertz CT molecular complexity index is 926. The molecule has 1 aliphatic rings. The van der Waals surface area contributed by atoms with Gasteiger partial charge in [-0.1, -0.05) is 81.4 Å². The van der Waals surface area contributed by atoms with E-state index in [9.17, 15) is 14.7 Å². The van der Waals surface area contributed by atoms with Crippen LogP contribution in [0.5, 0.6) is 0 Å². The molecule has 0 aliphatic carbocycles. The number of benzene rings is 2. The highest BCUT2D eigenvalue weighted by atomic mass is 28.4. The lowest BCUT2D eigenvalue weighted by Crippen LogP contribution is -2.67. The summed E-state index contributed by atoms with van der Waals surface area (Å²) < 4.78 is 12.5. The Kier molecular flexibility index (Phi) is 7.05. The molecule has 1 saturated heterocycles. The van der Waals surface area contributed by atoms with Gasteiger partial charge in [0, 0.05) is 13.0 Å². The smallest absolute Gasteiger partial charge is 0.411 e. The number of carboxylic acid groups (broad SMARTS) is 1. The third-order valence-electron chi connectivity index (χ3n) is 5.94. The molecule has 33 heavy (non-hydrogen) atoms. The van der Waals surface area contributed by atoms with Gasteiger partial charge in [0.1, 0.15) is 11.6 Å². The lowest BCUT2D eigenvalue weighted by Gasteiger charge is -2.44. The van der Waals surface area contributed by atoms with E-state index in [1.165, 1.54) is 4.90 Å². The summed E-state index contributed by atoms with van der Waals surface area (Å²) in [4.78, 5) is 26.2. The van der Waals surface area contributed by atoms with E-state index >= 15 is 0 Å². The molecule has 7 heteroatoms. The minimum Gasteiger partial charge on any atom is -0.480 e. The van der Waals surface area contributed by atoms with E-state index in [0.29, 0.717) is 0 Å². The van der Waals surface area contributed by atoms with E-state index in [-0.39, 0.29) is 18.0 Å². The molecule has 1 heterocycles. The molecule has 2 unspecified atom stereocenters. The molecule has 2 aromatic rings. The van der Waals surface area contributed by atoms with Gasteiger partial charge in [-0.3, -0.25) is 4.90 Å². The number of carbonyl (C=O) groups is 2. The van der Waals surface area contributed by atoms with Crippen LogP contribution < -0.4 is 10.4 Å². The summed E-state index contributed by atoms with van der Waals surface area (Å²) in [5, 5.41) is 11.8. The van der Waals surface area contributed by atoms with E-state index in [4.69, 9.17) is 9.16 Å². The summed E-state index contributed by atoms with van der Waals surface area (Å²) in [6.45, 7) is 12.0. The van der Waals surface area contributed by atoms with Crippen LogP contribution in [0.1, 0.15) is 48.0 Å². The number of amides is 1. The molecule has 1 fully saturated rings. The quantitative estimate of drug-likeness (QED) is 0.669. The van der Waals surface area contributed by atoms with E-state index in [1.807, 2.05) is 36.4 Å². The van der Waals surface area contributed by atoms with Crippen LogP contribution in [-0.2, 0) is 14.0 Å². The van der Waals surface area contributed by atoms with Crippen molar-refractivity contribution in [3.63, 3.8) is 0 Å². The number of carbonyl (C=O) groups excluding carboxylic acids is 1. The van der Waals surface area contributed by atoms with Gasteiger partial charge in [0.15, 0.2) is 0 Å². The van der Waals surface area contributed by atoms with Crippen molar-refractivity contribution >= 4 is 30.8 Å². The van der Waals surface area contributed by atoms with Crippen LogP contribution in [-0.4, -0.2) is 54.7 Å². The highest BCUT2D eigenvalue weighted by Gasteiger charge is 2.53. The zero-order valence-electron chi connectivity index (χ0n) is 20.4. The molecule has 0 saturated carbocycles. The van der Waals surface area contributed by atoms with E-state index in [2.05, 4.69) is 45.0 Å². The number of rotatable bonds is 5. The second kappa shape index (κ2) is 9.31. The Morgan fingerprint density at radius 3 is 1.79 bits per heavy atom. The Morgan fingerprint density at radius 1 is 0.909 bits per heavy atom. The molecule has 1 aliphatic heterocycles. The van der Waals surface area contributed by atoms with Gasteiger partial charge in [0.25, 0.3) is 8.32 Å². The number of likely N-dealkylation sites (tertiary alicyclic amines) is 1. The van der Waals surface area contributed by atoms with Gasteiger partial charge < -0.3 is 14.3 Å². The van der Waals surface area contributed by atoms with Crippen molar-refractivity contribution in [1.82, 2.24) is 4.90 Å². The zero-order valence-corrected chi connectivity index (χ0v) is 21.4. The zero-order chi connectivity index (χ0) is 24.4. The highest BCUT2D eigenvalue weighted by Crippen LogP contribution is 2.39. The van der Waals surface area contributed by atoms with Crippen molar-refractivity contribution in [2.24, 2.45) is 0 Å². The van der Waals surface area contributed by atoms with Gasteiger partial charge >= 0.3 is 12.1 Å². The second-order valence-electron chi connectivity index (χ2n) is 10.6. The lowest BCUT2D eigenvalue weighted by molar-refractivity contribution is -0.142. The summed E-state index contributed by atoms with van der Waals surface area (Å²) in [6, 6.07) is 19.4. The molecule has 1 amide bonds. The molecule has 2 aromatic carbocycles. The first-order valence-electron chi connectivity index (χ1n) is 11.4. The van der Waals surface area contributed by atoms with Crippen molar-refractivity contribution in [1.29, 1.82) is 0 Å². The highest BCUT2D eigenvalue weighted by molar-refractivity contribution is 6.99. The second-order valence-corrected chi connectivity index (χ2v) is 14.9. The fraction of sp³-hybridized carbons (Fsp3) is 0.462. The largest absolute Gasteiger partial charge is 0.480 e. The van der Waals surface area contributed by atoms with Gasteiger partial charge in [-0.15, -0.1) is 0 Å². The monoisotopic (exact) mass is 469 g/mol. The molecular weight excluding hydrogens is 434 g/mol. The first-order valence-corrected chi connectivity index (χ1v) is 13.3. The standard InChI is InChI=1S/C26H35NO5Si/c1-25(2,3)31-24(30)27-18-19(17-22(27)23(28)29)32-33(26(4,5)6,20-13-9-7-10-14-20)21-15-11-8-12-16-21/h7-16,19,22H,17-18H2,1-6H3,(H,28,29). The van der Waals surface area contributed by atoms with E-state index in [0.717, 1.165) is 10.4 Å². The molecular formula is C26H35NO5Si. The number of hydrogen-bond acceptors (Lipinski definition) is 4. The summed E-state index contributed by atoms with van der Waals surface area (Å²) >= 11 is 0. The Balaban J connectivity index is 2.03. The van der Waals surface area contributed by atoms with E-state index in [1.54, 1.807) is 20.8 Å². The average molecular weight is 470 g/mol.